The molecular weight excluding hydrogens is 369 g/mol. The van der Waals surface area contributed by atoms with Gasteiger partial charge >= 0.3 is 0 Å². The molecule has 4 rings (SSSR count). The van der Waals surface area contributed by atoms with Crippen LogP contribution in [0.3, 0.4) is 0 Å². The zero-order chi connectivity index (χ0) is 19.2. The Morgan fingerprint density at radius 3 is 1.70 bits per heavy atom. The zero-order valence-corrected chi connectivity index (χ0v) is 17.7. The molecule has 0 N–H and O–H groups in total. The predicted molar refractivity (Wildman–Crippen MR) is 118 cm³/mol. The number of para-hydroxylation sites is 1. The Kier molecular flexibility index (Phi) is 4.53. The van der Waals surface area contributed by atoms with Crippen LogP contribution in [-0.4, -0.2) is 4.98 Å². The maximum absolute atomic E-state index is 14.7. The summed E-state index contributed by atoms with van der Waals surface area (Å²) in [7, 11) is -3.05. The fourth-order valence-corrected chi connectivity index (χ4v) is 8.31. The maximum atomic E-state index is 14.7. The Morgan fingerprint density at radius 1 is 0.741 bits per heavy atom. The van der Waals surface area contributed by atoms with E-state index in [4.69, 9.17) is 4.98 Å². The van der Waals surface area contributed by atoms with Crippen LogP contribution in [0.4, 0.5) is 0 Å². The minimum Gasteiger partial charge on any atom is -0.306 e. The Morgan fingerprint density at radius 2 is 1.22 bits per heavy atom. The first-order valence-electron chi connectivity index (χ1n) is 9.00. The van der Waals surface area contributed by atoms with E-state index in [2.05, 4.69) is 64.1 Å². The molecule has 0 atom stereocenters. The van der Waals surface area contributed by atoms with Gasteiger partial charge in [0.25, 0.3) is 0 Å². The average Bonchev–Trinajstić information content (AvgIpc) is 3.04. The zero-order valence-electron chi connectivity index (χ0n) is 16.0. The number of nitrogens with zero attached hydrogens (tertiary/aromatic N) is 1. The largest absolute Gasteiger partial charge is 0.306 e. The highest BCUT2D eigenvalue weighted by Crippen LogP contribution is 2.45. The van der Waals surface area contributed by atoms with Gasteiger partial charge in [0.2, 0.25) is 0 Å². The minimum absolute atomic E-state index is 0.707. The van der Waals surface area contributed by atoms with Crippen LogP contribution in [0.1, 0.15) is 22.3 Å². The van der Waals surface area contributed by atoms with E-state index in [0.717, 1.165) is 43.1 Å². The van der Waals surface area contributed by atoms with E-state index in [1.165, 1.54) is 0 Å². The minimum atomic E-state index is -3.05. The maximum Gasteiger partial charge on any atom is 0.198 e. The molecule has 0 aliphatic carbocycles. The highest BCUT2D eigenvalue weighted by Gasteiger charge is 2.34. The van der Waals surface area contributed by atoms with Crippen LogP contribution in [-0.2, 0) is 4.57 Å². The summed E-state index contributed by atoms with van der Waals surface area (Å²) in [6.45, 7) is 8.22. The van der Waals surface area contributed by atoms with Crippen LogP contribution >= 0.6 is 18.5 Å². The van der Waals surface area contributed by atoms with Gasteiger partial charge in [0.1, 0.15) is 0 Å². The van der Waals surface area contributed by atoms with Crippen molar-refractivity contribution in [3.63, 3.8) is 0 Å². The van der Waals surface area contributed by atoms with Crippen LogP contribution in [0.25, 0.3) is 10.2 Å². The quantitative estimate of drug-likeness (QED) is 0.451. The molecule has 3 aromatic carbocycles. The van der Waals surface area contributed by atoms with Crippen LogP contribution in [0.5, 0.6) is 0 Å². The number of aryl methyl sites for hydroxylation is 4. The molecule has 0 aliphatic rings. The third-order valence-corrected chi connectivity index (χ3v) is 9.19. The summed E-state index contributed by atoms with van der Waals surface area (Å²) in [5.41, 5.74) is 5.39. The van der Waals surface area contributed by atoms with Gasteiger partial charge in [0.15, 0.2) is 11.9 Å². The van der Waals surface area contributed by atoms with E-state index in [0.29, 0.717) is 4.75 Å². The molecule has 0 saturated heterocycles. The van der Waals surface area contributed by atoms with E-state index >= 15 is 0 Å². The first-order valence-corrected chi connectivity index (χ1v) is 11.5. The normalized spacial score (nSPS) is 11.9. The predicted octanol–water partition coefficient (Wildman–Crippen LogP) is 5.17. The highest BCUT2D eigenvalue weighted by atomic mass is 32.1. The molecule has 4 heteroatoms. The van der Waals surface area contributed by atoms with Crippen LogP contribution in [0, 0.1) is 27.7 Å². The van der Waals surface area contributed by atoms with E-state index in [1.807, 2.05) is 24.3 Å². The molecule has 1 heterocycles. The number of fused-ring (bicyclic) bond motifs is 1. The first-order chi connectivity index (χ1) is 12.9. The molecule has 4 aromatic rings. The standard InChI is InChI=1S/C23H22NOPS/c1-15-9-16(2)12-19(11-15)26(25,20-13-17(3)10-18(4)14-20)23-24-21-7-5-6-8-22(21)27-23/h5-14H,1-4H3. The molecule has 0 fully saturated rings. The van der Waals surface area contributed by atoms with Gasteiger partial charge in [-0.15, -0.1) is 11.3 Å². The number of thiazole rings is 1. The lowest BCUT2D eigenvalue weighted by Crippen LogP contribution is -2.26. The molecule has 136 valence electrons. The van der Waals surface area contributed by atoms with E-state index < -0.39 is 7.14 Å². The van der Waals surface area contributed by atoms with E-state index in [9.17, 15) is 4.57 Å². The topological polar surface area (TPSA) is 30.0 Å². The van der Waals surface area contributed by atoms with Gasteiger partial charge in [0, 0.05) is 10.6 Å². The van der Waals surface area contributed by atoms with Gasteiger partial charge in [-0.1, -0.05) is 46.5 Å². The first kappa shape index (κ1) is 18.2. The van der Waals surface area contributed by atoms with Crippen molar-refractivity contribution in [3.05, 3.63) is 82.9 Å². The van der Waals surface area contributed by atoms with Crippen molar-refractivity contribution in [3.8, 4) is 0 Å². The molecule has 0 radical (unpaired) electrons. The molecule has 0 aliphatic heterocycles. The van der Waals surface area contributed by atoms with Crippen molar-refractivity contribution in [2.45, 2.75) is 27.7 Å². The summed E-state index contributed by atoms with van der Waals surface area (Å²) < 4.78 is 16.5. The van der Waals surface area contributed by atoms with Gasteiger partial charge in [-0.25, -0.2) is 4.98 Å². The fourth-order valence-electron chi connectivity index (χ4n) is 3.63. The summed E-state index contributed by atoms with van der Waals surface area (Å²) in [6.07, 6.45) is 0. The van der Waals surface area contributed by atoms with Gasteiger partial charge in [-0.05, 0) is 64.1 Å². The lowest BCUT2D eigenvalue weighted by Gasteiger charge is -2.19. The second kappa shape index (κ2) is 6.74. The summed E-state index contributed by atoms with van der Waals surface area (Å²) in [5, 5.41) is 1.73. The number of benzene rings is 3. The molecule has 0 saturated carbocycles. The summed E-state index contributed by atoms with van der Waals surface area (Å²) in [6, 6.07) is 20.5. The monoisotopic (exact) mass is 391 g/mol. The molecule has 0 unspecified atom stereocenters. The van der Waals surface area contributed by atoms with Crippen molar-refractivity contribution in [1.29, 1.82) is 0 Å². The Bertz CT molecular complexity index is 1080. The number of rotatable bonds is 3. The van der Waals surface area contributed by atoms with Gasteiger partial charge < -0.3 is 4.57 Å². The average molecular weight is 391 g/mol. The van der Waals surface area contributed by atoms with E-state index in [1.54, 1.807) is 11.3 Å². The molecule has 0 bridgehead atoms. The molecule has 0 amide bonds. The molecule has 1 aromatic heterocycles. The van der Waals surface area contributed by atoms with Crippen molar-refractivity contribution in [2.24, 2.45) is 0 Å². The molecule has 27 heavy (non-hydrogen) atoms. The van der Waals surface area contributed by atoms with Crippen molar-refractivity contribution < 1.29 is 4.57 Å². The van der Waals surface area contributed by atoms with Gasteiger partial charge in [-0.3, -0.25) is 0 Å². The Labute approximate surface area is 164 Å². The summed E-state index contributed by atoms with van der Waals surface area (Å²) in [4.78, 5) is 4.81. The Hall–Kier alpha value is -2.22. The second-order valence-corrected chi connectivity index (χ2v) is 11.3. The van der Waals surface area contributed by atoms with Crippen molar-refractivity contribution in [2.75, 3.05) is 0 Å². The summed E-state index contributed by atoms with van der Waals surface area (Å²) in [5.74, 6) is 0. The van der Waals surface area contributed by atoms with Gasteiger partial charge in [-0.2, -0.15) is 0 Å². The van der Waals surface area contributed by atoms with E-state index in [-0.39, 0.29) is 0 Å². The SMILES string of the molecule is Cc1cc(C)cc(P(=O)(c2cc(C)cc(C)c2)c2nc3ccccc3s2)c1. The second-order valence-electron chi connectivity index (χ2n) is 7.27. The van der Waals surface area contributed by atoms with Crippen LogP contribution in [0.15, 0.2) is 60.7 Å². The highest BCUT2D eigenvalue weighted by molar-refractivity contribution is 7.89. The van der Waals surface area contributed by atoms with Crippen molar-refractivity contribution in [1.82, 2.24) is 4.98 Å². The molecular formula is C23H22NOPS. The summed E-state index contributed by atoms with van der Waals surface area (Å²) >= 11 is 1.54. The van der Waals surface area contributed by atoms with Crippen LogP contribution < -0.4 is 15.4 Å². The Balaban J connectivity index is 2.06. The number of hydrogen-bond acceptors (Lipinski definition) is 3. The smallest absolute Gasteiger partial charge is 0.198 e. The van der Waals surface area contributed by atoms with Gasteiger partial charge in [0.05, 0.1) is 10.2 Å². The lowest BCUT2D eigenvalue weighted by atomic mass is 10.2. The van der Waals surface area contributed by atoms with Crippen molar-refractivity contribution >= 4 is 44.1 Å². The molecule has 0 spiro atoms. The molecule has 2 nitrogen and oxygen atoms in total. The van der Waals surface area contributed by atoms with Crippen LogP contribution in [0.2, 0.25) is 0 Å². The number of aromatic nitrogens is 1. The third kappa shape index (κ3) is 3.26. The fraction of sp³-hybridized carbons (Fsp3) is 0.174. The third-order valence-electron chi connectivity index (χ3n) is 4.69. The number of hydrogen-bond donors (Lipinski definition) is 0. The lowest BCUT2D eigenvalue weighted by molar-refractivity contribution is 0.592.